The summed E-state index contributed by atoms with van der Waals surface area (Å²) in [7, 11) is 0. The van der Waals surface area contributed by atoms with Crippen molar-refractivity contribution in [2.24, 2.45) is 0 Å². The number of nitrogens with one attached hydrogen (secondary N) is 1. The monoisotopic (exact) mass is 357 g/mol. The van der Waals surface area contributed by atoms with Crippen LogP contribution in [0.5, 0.6) is 0 Å². The van der Waals surface area contributed by atoms with Gasteiger partial charge in [-0.05, 0) is 54.8 Å². The summed E-state index contributed by atoms with van der Waals surface area (Å²) in [6.45, 7) is 7.97. The Labute approximate surface area is 154 Å². The molecular formula is C20H24ClN3O. The van der Waals surface area contributed by atoms with E-state index >= 15 is 0 Å². The molecule has 0 bridgehead atoms. The van der Waals surface area contributed by atoms with E-state index in [1.54, 1.807) is 0 Å². The number of carbonyl (C=O) groups excluding carboxylic acids is 1. The molecule has 1 heterocycles. The number of hydrogen-bond donors (Lipinski definition) is 1. The highest BCUT2D eigenvalue weighted by Gasteiger charge is 2.21. The van der Waals surface area contributed by atoms with Crippen molar-refractivity contribution < 1.29 is 4.79 Å². The number of nitrogens with zero attached hydrogens (tertiary/aromatic N) is 2. The maximum atomic E-state index is 12.4. The van der Waals surface area contributed by atoms with E-state index in [9.17, 15) is 4.79 Å². The Bertz CT molecular complexity index is 737. The number of rotatable bonds is 3. The first-order valence-electron chi connectivity index (χ1n) is 8.62. The van der Waals surface area contributed by atoms with E-state index in [0.717, 1.165) is 31.7 Å². The summed E-state index contributed by atoms with van der Waals surface area (Å²) >= 11 is 5.88. The van der Waals surface area contributed by atoms with Crippen LogP contribution in [0.3, 0.4) is 0 Å². The van der Waals surface area contributed by atoms with E-state index in [1.165, 1.54) is 16.8 Å². The van der Waals surface area contributed by atoms with Gasteiger partial charge in [0.15, 0.2) is 0 Å². The summed E-state index contributed by atoms with van der Waals surface area (Å²) in [5, 5.41) is 3.69. The predicted molar refractivity (Wildman–Crippen MR) is 103 cm³/mol. The van der Waals surface area contributed by atoms with E-state index in [-0.39, 0.29) is 6.03 Å². The Morgan fingerprint density at radius 3 is 2.32 bits per heavy atom. The lowest BCUT2D eigenvalue weighted by Gasteiger charge is -2.36. The van der Waals surface area contributed by atoms with Crippen LogP contribution in [0.1, 0.15) is 16.7 Å². The van der Waals surface area contributed by atoms with Gasteiger partial charge in [-0.25, -0.2) is 4.79 Å². The van der Waals surface area contributed by atoms with Gasteiger partial charge in [0, 0.05) is 43.4 Å². The number of halogens is 1. The molecule has 0 saturated carbocycles. The molecule has 2 aromatic carbocycles. The van der Waals surface area contributed by atoms with E-state index in [4.69, 9.17) is 11.6 Å². The Kier molecular flexibility index (Phi) is 5.49. The number of aryl methyl sites for hydroxylation is 2. The number of anilines is 1. The van der Waals surface area contributed by atoms with Crippen molar-refractivity contribution in [1.82, 2.24) is 10.2 Å². The Morgan fingerprint density at radius 2 is 1.68 bits per heavy atom. The third-order valence-corrected chi connectivity index (χ3v) is 5.03. The van der Waals surface area contributed by atoms with Gasteiger partial charge in [-0.15, -0.1) is 0 Å². The molecule has 1 fully saturated rings. The predicted octanol–water partition coefficient (Wildman–Crippen LogP) is 3.99. The lowest BCUT2D eigenvalue weighted by atomic mass is 10.1. The first-order chi connectivity index (χ1) is 12.0. The highest BCUT2D eigenvalue weighted by Crippen LogP contribution is 2.20. The minimum Gasteiger partial charge on any atom is -0.368 e. The second-order valence-electron chi connectivity index (χ2n) is 6.53. The summed E-state index contributed by atoms with van der Waals surface area (Å²) in [5.74, 6) is 0. The highest BCUT2D eigenvalue weighted by molar-refractivity contribution is 6.30. The molecule has 5 heteroatoms. The highest BCUT2D eigenvalue weighted by atomic mass is 35.5. The summed E-state index contributed by atoms with van der Waals surface area (Å²) in [4.78, 5) is 16.6. The van der Waals surface area contributed by atoms with Gasteiger partial charge < -0.3 is 15.1 Å². The number of benzene rings is 2. The maximum absolute atomic E-state index is 12.4. The van der Waals surface area contributed by atoms with Crippen LogP contribution in [-0.2, 0) is 6.54 Å². The molecule has 0 atom stereocenters. The number of urea groups is 1. The van der Waals surface area contributed by atoms with E-state index < -0.39 is 0 Å². The second-order valence-corrected chi connectivity index (χ2v) is 6.96. The first kappa shape index (κ1) is 17.6. The fourth-order valence-corrected chi connectivity index (χ4v) is 3.11. The molecule has 1 N–H and O–H groups in total. The summed E-state index contributed by atoms with van der Waals surface area (Å²) in [5.41, 5.74) is 4.90. The number of carbonyl (C=O) groups is 1. The van der Waals surface area contributed by atoms with Gasteiger partial charge in [0.1, 0.15) is 0 Å². The lowest BCUT2D eigenvalue weighted by molar-refractivity contribution is 0.194. The molecule has 0 aromatic heterocycles. The zero-order valence-electron chi connectivity index (χ0n) is 14.8. The smallest absolute Gasteiger partial charge is 0.317 e. The van der Waals surface area contributed by atoms with Crippen LogP contribution < -0.4 is 10.2 Å². The molecule has 2 aromatic rings. The topological polar surface area (TPSA) is 35.6 Å². The zero-order valence-corrected chi connectivity index (χ0v) is 15.5. The summed E-state index contributed by atoms with van der Waals surface area (Å²) < 4.78 is 0. The van der Waals surface area contributed by atoms with Gasteiger partial charge in [0.2, 0.25) is 0 Å². The van der Waals surface area contributed by atoms with Gasteiger partial charge in [-0.3, -0.25) is 0 Å². The fraction of sp³-hybridized carbons (Fsp3) is 0.350. The quantitative estimate of drug-likeness (QED) is 0.901. The third-order valence-electron chi connectivity index (χ3n) is 4.78. The van der Waals surface area contributed by atoms with Crippen LogP contribution in [0, 0.1) is 13.8 Å². The van der Waals surface area contributed by atoms with Crippen molar-refractivity contribution in [3.63, 3.8) is 0 Å². The van der Waals surface area contributed by atoms with Gasteiger partial charge in [0.25, 0.3) is 0 Å². The lowest BCUT2D eigenvalue weighted by Crippen LogP contribution is -2.51. The molecule has 0 spiro atoms. The molecule has 1 aliphatic rings. The van der Waals surface area contributed by atoms with Gasteiger partial charge >= 0.3 is 6.03 Å². The van der Waals surface area contributed by atoms with Crippen LogP contribution in [0.4, 0.5) is 10.5 Å². The maximum Gasteiger partial charge on any atom is 0.317 e. The summed E-state index contributed by atoms with van der Waals surface area (Å²) in [6, 6.07) is 14.1. The molecule has 0 radical (unpaired) electrons. The fourth-order valence-electron chi connectivity index (χ4n) is 2.98. The second kappa shape index (κ2) is 7.79. The molecule has 3 rings (SSSR count). The van der Waals surface area contributed by atoms with Crippen LogP contribution in [-0.4, -0.2) is 37.1 Å². The van der Waals surface area contributed by atoms with Crippen LogP contribution >= 0.6 is 11.6 Å². The van der Waals surface area contributed by atoms with Gasteiger partial charge in [0.05, 0.1) is 0 Å². The van der Waals surface area contributed by atoms with E-state index in [2.05, 4.69) is 42.3 Å². The van der Waals surface area contributed by atoms with Gasteiger partial charge in [-0.2, -0.15) is 0 Å². The average molecular weight is 358 g/mol. The average Bonchev–Trinajstić information content (AvgIpc) is 2.63. The van der Waals surface area contributed by atoms with Crippen molar-refractivity contribution in [2.45, 2.75) is 20.4 Å². The van der Waals surface area contributed by atoms with E-state index in [1.807, 2.05) is 29.2 Å². The minimum atomic E-state index is -0.00492. The molecule has 1 aliphatic heterocycles. The van der Waals surface area contributed by atoms with Crippen LogP contribution in [0.15, 0.2) is 42.5 Å². The largest absolute Gasteiger partial charge is 0.368 e. The molecule has 2 amide bonds. The first-order valence-corrected chi connectivity index (χ1v) is 9.00. The molecule has 0 aliphatic carbocycles. The molecule has 0 unspecified atom stereocenters. The molecular weight excluding hydrogens is 334 g/mol. The SMILES string of the molecule is Cc1ccc(N2CCN(C(=O)NCc3ccc(Cl)cc3)CC2)cc1C. The Hall–Kier alpha value is -2.20. The third kappa shape index (κ3) is 4.45. The molecule has 4 nitrogen and oxygen atoms in total. The summed E-state index contributed by atoms with van der Waals surface area (Å²) in [6.07, 6.45) is 0. The minimum absolute atomic E-state index is 0.00492. The van der Waals surface area contributed by atoms with Crippen LogP contribution in [0.2, 0.25) is 5.02 Å². The molecule has 132 valence electrons. The van der Waals surface area contributed by atoms with Crippen molar-refractivity contribution in [1.29, 1.82) is 0 Å². The normalized spacial score (nSPS) is 14.5. The molecule has 25 heavy (non-hydrogen) atoms. The number of amides is 2. The van der Waals surface area contributed by atoms with E-state index in [0.29, 0.717) is 11.6 Å². The Morgan fingerprint density at radius 1 is 1.00 bits per heavy atom. The van der Waals surface area contributed by atoms with Crippen molar-refractivity contribution >= 4 is 23.3 Å². The van der Waals surface area contributed by atoms with Crippen molar-refractivity contribution in [3.8, 4) is 0 Å². The van der Waals surface area contributed by atoms with Crippen LogP contribution in [0.25, 0.3) is 0 Å². The Balaban J connectivity index is 1.50. The number of hydrogen-bond acceptors (Lipinski definition) is 2. The van der Waals surface area contributed by atoms with Gasteiger partial charge in [-0.1, -0.05) is 29.8 Å². The zero-order chi connectivity index (χ0) is 17.8. The van der Waals surface area contributed by atoms with Crippen molar-refractivity contribution in [2.75, 3.05) is 31.1 Å². The molecule has 1 saturated heterocycles. The van der Waals surface area contributed by atoms with Crippen molar-refractivity contribution in [3.05, 3.63) is 64.2 Å². The number of piperazine rings is 1. The standard InChI is InChI=1S/C20H24ClN3O/c1-15-3-8-19(13-16(15)2)23-9-11-24(12-10-23)20(25)22-14-17-4-6-18(21)7-5-17/h3-8,13H,9-12,14H2,1-2H3,(H,22,25).